The molecule has 0 heterocycles. The minimum atomic E-state index is -0.673. The maximum atomic E-state index is 12.4. The Bertz CT molecular complexity index is 609. The Balaban J connectivity index is 1.95. The first-order chi connectivity index (χ1) is 11.4. The van der Waals surface area contributed by atoms with Crippen molar-refractivity contribution in [1.29, 1.82) is 0 Å². The van der Waals surface area contributed by atoms with E-state index in [1.54, 1.807) is 25.1 Å². The van der Waals surface area contributed by atoms with Gasteiger partial charge in [-0.1, -0.05) is 42.1 Å². The molecule has 0 spiro atoms. The maximum Gasteiger partial charge on any atom is 0.253 e. The zero-order chi connectivity index (χ0) is 17.7. The number of carbonyl (C=O) groups is 2. The maximum absolute atomic E-state index is 12.4. The molecule has 132 valence electrons. The van der Waals surface area contributed by atoms with Gasteiger partial charge in [0.05, 0.1) is 15.6 Å². The fourth-order valence-electron chi connectivity index (χ4n) is 3.01. The fraction of sp³-hybridized carbons (Fsp3) is 0.529. The van der Waals surface area contributed by atoms with Crippen molar-refractivity contribution >= 4 is 35.0 Å². The van der Waals surface area contributed by atoms with Crippen molar-refractivity contribution in [2.75, 3.05) is 6.54 Å². The lowest BCUT2D eigenvalue weighted by atomic mass is 9.84. The number of carbonyl (C=O) groups excluding carboxylic acids is 2. The highest BCUT2D eigenvalue weighted by atomic mass is 35.5. The summed E-state index contributed by atoms with van der Waals surface area (Å²) in [7, 11) is 0. The van der Waals surface area contributed by atoms with Crippen LogP contribution < -0.4 is 16.4 Å². The van der Waals surface area contributed by atoms with Crippen LogP contribution in [-0.4, -0.2) is 30.4 Å². The summed E-state index contributed by atoms with van der Waals surface area (Å²) >= 11 is 12.0. The summed E-state index contributed by atoms with van der Waals surface area (Å²) in [6.45, 7) is 2.20. The first-order valence-electron chi connectivity index (χ1n) is 8.19. The van der Waals surface area contributed by atoms with Crippen LogP contribution in [0.3, 0.4) is 0 Å². The molecule has 1 saturated carbocycles. The minimum absolute atomic E-state index is 0.0744. The van der Waals surface area contributed by atoms with Gasteiger partial charge < -0.3 is 16.4 Å². The number of hydrogen-bond donors (Lipinski definition) is 3. The molecule has 2 amide bonds. The fourth-order valence-corrected chi connectivity index (χ4v) is 3.39. The first-order valence-corrected chi connectivity index (χ1v) is 8.95. The molecule has 3 atom stereocenters. The Hall–Kier alpha value is -1.30. The van der Waals surface area contributed by atoms with Gasteiger partial charge in [0, 0.05) is 6.04 Å². The molecule has 0 saturated heterocycles. The van der Waals surface area contributed by atoms with Crippen molar-refractivity contribution < 1.29 is 9.59 Å². The third-order valence-electron chi connectivity index (χ3n) is 4.48. The number of nitrogens with one attached hydrogen (secondary N) is 2. The molecule has 0 aromatic heterocycles. The highest BCUT2D eigenvalue weighted by molar-refractivity contribution is 6.43. The Kier molecular flexibility index (Phi) is 6.90. The molecule has 24 heavy (non-hydrogen) atoms. The molecule has 0 bridgehead atoms. The van der Waals surface area contributed by atoms with Crippen LogP contribution in [0.5, 0.6) is 0 Å². The van der Waals surface area contributed by atoms with Crippen molar-refractivity contribution in [3.05, 3.63) is 33.8 Å². The molecule has 1 aromatic carbocycles. The molecule has 4 N–H and O–H groups in total. The number of amides is 2. The number of benzene rings is 1. The average Bonchev–Trinajstić information content (AvgIpc) is 2.57. The van der Waals surface area contributed by atoms with Crippen molar-refractivity contribution in [3.63, 3.8) is 0 Å². The van der Waals surface area contributed by atoms with Gasteiger partial charge in [-0.2, -0.15) is 0 Å². The molecule has 1 aliphatic rings. The lowest BCUT2D eigenvalue weighted by molar-refractivity contribution is -0.123. The summed E-state index contributed by atoms with van der Waals surface area (Å²) in [5.74, 6) is -0.344. The van der Waals surface area contributed by atoms with Crippen LogP contribution in [0, 0.1) is 5.92 Å². The van der Waals surface area contributed by atoms with Crippen LogP contribution >= 0.6 is 23.2 Å². The van der Waals surface area contributed by atoms with Gasteiger partial charge in [-0.15, -0.1) is 0 Å². The van der Waals surface area contributed by atoms with E-state index in [1.165, 1.54) is 0 Å². The Labute approximate surface area is 152 Å². The van der Waals surface area contributed by atoms with E-state index in [1.807, 2.05) is 0 Å². The van der Waals surface area contributed by atoms with E-state index < -0.39 is 11.9 Å². The molecular formula is C17H23Cl2N3O2. The number of nitrogens with two attached hydrogens (primary N) is 1. The summed E-state index contributed by atoms with van der Waals surface area (Å²) < 4.78 is 0. The SMILES string of the molecule is CC(NC(=O)c1cccc(Cl)c1Cl)C(=O)NC1CCCCC1CN. The normalized spacial score (nSPS) is 21.8. The zero-order valence-electron chi connectivity index (χ0n) is 13.6. The van der Waals surface area contributed by atoms with Gasteiger partial charge in [0.25, 0.3) is 5.91 Å². The summed E-state index contributed by atoms with van der Waals surface area (Å²) in [6.07, 6.45) is 4.18. The Morgan fingerprint density at radius 1 is 1.29 bits per heavy atom. The lowest BCUT2D eigenvalue weighted by Gasteiger charge is -2.32. The molecule has 2 rings (SSSR count). The summed E-state index contributed by atoms with van der Waals surface area (Å²) in [5.41, 5.74) is 6.04. The first kappa shape index (κ1) is 19.0. The second-order valence-electron chi connectivity index (χ2n) is 6.19. The van der Waals surface area contributed by atoms with Crippen LogP contribution in [0.15, 0.2) is 18.2 Å². The molecule has 3 unspecified atom stereocenters. The van der Waals surface area contributed by atoms with E-state index in [9.17, 15) is 9.59 Å². The predicted octanol–water partition coefficient (Wildman–Crippen LogP) is 2.75. The number of halogens is 2. The molecule has 5 nitrogen and oxygen atoms in total. The second kappa shape index (κ2) is 8.70. The van der Waals surface area contributed by atoms with Crippen LogP contribution in [0.1, 0.15) is 43.0 Å². The summed E-state index contributed by atoms with van der Waals surface area (Å²) in [6, 6.07) is 4.21. The van der Waals surface area contributed by atoms with E-state index in [2.05, 4.69) is 10.6 Å². The van der Waals surface area contributed by atoms with E-state index >= 15 is 0 Å². The summed E-state index contributed by atoms with van der Waals surface area (Å²) in [5, 5.41) is 6.15. The monoisotopic (exact) mass is 371 g/mol. The Morgan fingerprint density at radius 2 is 2.00 bits per heavy atom. The van der Waals surface area contributed by atoms with Gasteiger partial charge in [0.15, 0.2) is 0 Å². The van der Waals surface area contributed by atoms with Crippen LogP contribution in [0.2, 0.25) is 10.0 Å². The van der Waals surface area contributed by atoms with Crippen LogP contribution in [0.4, 0.5) is 0 Å². The van der Waals surface area contributed by atoms with Gasteiger partial charge in [0.1, 0.15) is 6.04 Å². The van der Waals surface area contributed by atoms with E-state index in [4.69, 9.17) is 28.9 Å². The lowest BCUT2D eigenvalue weighted by Crippen LogP contribution is -2.51. The smallest absolute Gasteiger partial charge is 0.253 e. The number of hydrogen-bond acceptors (Lipinski definition) is 3. The summed E-state index contributed by atoms with van der Waals surface area (Å²) in [4.78, 5) is 24.7. The van der Waals surface area contributed by atoms with Gasteiger partial charge in [-0.05, 0) is 44.4 Å². The average molecular weight is 372 g/mol. The predicted molar refractivity (Wildman–Crippen MR) is 96.3 cm³/mol. The molecule has 1 fully saturated rings. The van der Waals surface area contributed by atoms with Crippen molar-refractivity contribution in [2.45, 2.75) is 44.7 Å². The third-order valence-corrected chi connectivity index (χ3v) is 5.30. The van der Waals surface area contributed by atoms with E-state index in [0.717, 1.165) is 25.7 Å². The second-order valence-corrected chi connectivity index (χ2v) is 6.98. The highest BCUT2D eigenvalue weighted by Crippen LogP contribution is 2.26. The van der Waals surface area contributed by atoms with E-state index in [-0.39, 0.29) is 22.5 Å². The van der Waals surface area contributed by atoms with Crippen molar-refractivity contribution in [1.82, 2.24) is 10.6 Å². The molecular weight excluding hydrogens is 349 g/mol. The largest absolute Gasteiger partial charge is 0.351 e. The zero-order valence-corrected chi connectivity index (χ0v) is 15.2. The third kappa shape index (κ3) is 4.62. The van der Waals surface area contributed by atoms with Crippen LogP contribution in [0.25, 0.3) is 0 Å². The molecule has 1 aromatic rings. The van der Waals surface area contributed by atoms with Crippen LogP contribution in [-0.2, 0) is 4.79 Å². The van der Waals surface area contributed by atoms with Gasteiger partial charge >= 0.3 is 0 Å². The molecule has 0 aliphatic heterocycles. The molecule has 1 aliphatic carbocycles. The minimum Gasteiger partial charge on any atom is -0.351 e. The number of rotatable bonds is 5. The van der Waals surface area contributed by atoms with Crippen molar-refractivity contribution in [2.24, 2.45) is 11.7 Å². The van der Waals surface area contributed by atoms with Gasteiger partial charge in [-0.3, -0.25) is 9.59 Å². The topological polar surface area (TPSA) is 84.2 Å². The van der Waals surface area contributed by atoms with Gasteiger partial charge in [0.2, 0.25) is 5.91 Å². The standard InChI is InChI=1S/C17H23Cl2N3O2/c1-10(16(23)22-14-8-3-2-5-11(14)9-20)21-17(24)12-6-4-7-13(18)15(12)19/h4,6-7,10-11,14H,2-3,5,8-9,20H2,1H3,(H,21,24)(H,22,23). The molecule has 7 heteroatoms. The quantitative estimate of drug-likeness (QED) is 0.743. The highest BCUT2D eigenvalue weighted by Gasteiger charge is 2.27. The van der Waals surface area contributed by atoms with E-state index in [0.29, 0.717) is 17.5 Å². The molecule has 0 radical (unpaired) electrons. The van der Waals surface area contributed by atoms with Gasteiger partial charge in [-0.25, -0.2) is 0 Å². The van der Waals surface area contributed by atoms with Crippen molar-refractivity contribution in [3.8, 4) is 0 Å². The Morgan fingerprint density at radius 3 is 2.71 bits per heavy atom.